The molecule has 1 aromatic carbocycles. The number of benzene rings is 1. The van der Waals surface area contributed by atoms with E-state index in [-0.39, 0.29) is 0 Å². The van der Waals surface area contributed by atoms with Crippen molar-refractivity contribution in [1.82, 2.24) is 0 Å². The Morgan fingerprint density at radius 1 is 1.00 bits per heavy atom. The van der Waals surface area contributed by atoms with Crippen molar-refractivity contribution in [3.05, 3.63) is 34.4 Å². The molecule has 0 saturated carbocycles. The van der Waals surface area contributed by atoms with Gasteiger partial charge in [0, 0.05) is 5.56 Å². The summed E-state index contributed by atoms with van der Waals surface area (Å²) in [5.74, 6) is 3.35. The first kappa shape index (κ1) is 12.1. The molecule has 0 saturated heterocycles. The lowest BCUT2D eigenvalue weighted by molar-refractivity contribution is 1.28. The molecule has 1 aromatic rings. The largest absolute Gasteiger partial charge is 0.129 e. The summed E-state index contributed by atoms with van der Waals surface area (Å²) in [6.07, 6.45) is 0. The normalized spacial score (nSPS) is 10.8. The van der Waals surface area contributed by atoms with Crippen molar-refractivity contribution in [3.8, 4) is 11.5 Å². The first-order chi connectivity index (χ1) is 6.79. The molecule has 0 nitrogen and oxygen atoms in total. The van der Waals surface area contributed by atoms with Crippen LogP contribution >= 0.6 is 0 Å². The summed E-state index contributed by atoms with van der Waals surface area (Å²) < 4.78 is 0. The molecule has 0 unspecified atom stereocenters. The van der Waals surface area contributed by atoms with Crippen molar-refractivity contribution < 1.29 is 0 Å². The summed E-state index contributed by atoms with van der Waals surface area (Å²) in [6, 6.07) is 4.41. The highest BCUT2D eigenvalue weighted by atomic mass is 28.3. The van der Waals surface area contributed by atoms with E-state index in [1.54, 1.807) is 0 Å². The van der Waals surface area contributed by atoms with Gasteiger partial charge in [0.2, 0.25) is 0 Å². The first-order valence-corrected chi connectivity index (χ1v) is 8.90. The quantitative estimate of drug-likeness (QED) is 0.456. The smallest absolute Gasteiger partial charge is 0.127 e. The molecule has 0 radical (unpaired) electrons. The van der Waals surface area contributed by atoms with Gasteiger partial charge in [0.1, 0.15) is 8.07 Å². The third-order valence-corrected chi connectivity index (χ3v) is 3.26. The number of rotatable bonds is 0. The molecule has 0 fully saturated rings. The van der Waals surface area contributed by atoms with Crippen LogP contribution in [0.3, 0.4) is 0 Å². The highest BCUT2D eigenvalue weighted by Gasteiger charge is 2.08. The van der Waals surface area contributed by atoms with Crippen LogP contribution in [-0.2, 0) is 0 Å². The minimum absolute atomic E-state index is 1.20. The van der Waals surface area contributed by atoms with Gasteiger partial charge in [0.05, 0.1) is 0 Å². The molecule has 0 bridgehead atoms. The van der Waals surface area contributed by atoms with E-state index in [0.717, 1.165) is 0 Å². The molecule has 80 valence electrons. The molecule has 0 aliphatic carbocycles. The van der Waals surface area contributed by atoms with E-state index in [1.165, 1.54) is 22.3 Å². The summed E-state index contributed by atoms with van der Waals surface area (Å²) >= 11 is 0. The molecule has 0 atom stereocenters. The van der Waals surface area contributed by atoms with E-state index >= 15 is 0 Å². The van der Waals surface area contributed by atoms with E-state index in [4.69, 9.17) is 0 Å². The summed E-state index contributed by atoms with van der Waals surface area (Å²) in [7, 11) is -1.26. The predicted octanol–water partition coefficient (Wildman–Crippen LogP) is 3.84. The highest BCUT2D eigenvalue weighted by molar-refractivity contribution is 6.83. The predicted molar refractivity (Wildman–Crippen MR) is 70.9 cm³/mol. The van der Waals surface area contributed by atoms with Crippen LogP contribution in [0.1, 0.15) is 22.3 Å². The average molecular weight is 216 g/mol. The fraction of sp³-hybridized carbons (Fsp3) is 0.429. The van der Waals surface area contributed by atoms with Crippen LogP contribution in [-0.4, -0.2) is 8.07 Å². The van der Waals surface area contributed by atoms with Crippen LogP contribution in [0.5, 0.6) is 0 Å². The van der Waals surface area contributed by atoms with Crippen molar-refractivity contribution in [3.63, 3.8) is 0 Å². The van der Waals surface area contributed by atoms with Crippen molar-refractivity contribution in [1.29, 1.82) is 0 Å². The first-order valence-electron chi connectivity index (χ1n) is 5.40. The molecule has 0 aromatic heterocycles. The standard InChI is InChI=1S/C14H20Si/c1-11-9-12(2)13(3)14(10-11)7-8-15(4,5)6/h9-10H,1-6H3. The van der Waals surface area contributed by atoms with Gasteiger partial charge in [-0.25, -0.2) is 0 Å². The minimum Gasteiger partial charge on any atom is -0.127 e. The van der Waals surface area contributed by atoms with Gasteiger partial charge in [0.25, 0.3) is 0 Å². The Kier molecular flexibility index (Phi) is 3.41. The lowest BCUT2D eigenvalue weighted by atomic mass is 10.0. The number of aryl methyl sites for hydroxylation is 2. The Hall–Kier alpha value is -1.00. The Bertz CT molecular complexity index is 425. The summed E-state index contributed by atoms with van der Waals surface area (Å²) in [6.45, 7) is 13.3. The maximum Gasteiger partial charge on any atom is 0.129 e. The van der Waals surface area contributed by atoms with Crippen LogP contribution in [0.25, 0.3) is 0 Å². The molecule has 0 heterocycles. The Morgan fingerprint density at radius 2 is 1.60 bits per heavy atom. The molecule has 0 N–H and O–H groups in total. The maximum absolute atomic E-state index is 3.42. The van der Waals surface area contributed by atoms with Crippen molar-refractivity contribution in [2.24, 2.45) is 0 Å². The van der Waals surface area contributed by atoms with Crippen molar-refractivity contribution in [2.45, 2.75) is 40.4 Å². The van der Waals surface area contributed by atoms with E-state index < -0.39 is 8.07 Å². The fourth-order valence-corrected chi connectivity index (χ4v) is 1.93. The zero-order chi connectivity index (χ0) is 11.6. The maximum atomic E-state index is 3.42. The summed E-state index contributed by atoms with van der Waals surface area (Å²) in [5.41, 5.74) is 8.60. The van der Waals surface area contributed by atoms with Gasteiger partial charge in [0.15, 0.2) is 0 Å². The number of hydrogen-bond donors (Lipinski definition) is 0. The second kappa shape index (κ2) is 4.24. The minimum atomic E-state index is -1.26. The third kappa shape index (κ3) is 3.57. The second-order valence-electron chi connectivity index (χ2n) is 5.25. The van der Waals surface area contributed by atoms with Crippen LogP contribution in [0.15, 0.2) is 12.1 Å². The second-order valence-corrected chi connectivity index (χ2v) is 10.0. The topological polar surface area (TPSA) is 0 Å². The molecule has 0 aliphatic heterocycles. The monoisotopic (exact) mass is 216 g/mol. The molecular weight excluding hydrogens is 196 g/mol. The van der Waals surface area contributed by atoms with Gasteiger partial charge in [-0.1, -0.05) is 31.6 Å². The molecule has 0 aliphatic rings. The van der Waals surface area contributed by atoms with Gasteiger partial charge in [-0.2, -0.15) is 0 Å². The fourth-order valence-electron chi connectivity index (χ4n) is 1.42. The average Bonchev–Trinajstić information content (AvgIpc) is 2.07. The summed E-state index contributed by atoms with van der Waals surface area (Å²) in [4.78, 5) is 0. The van der Waals surface area contributed by atoms with Gasteiger partial charge in [-0.05, 0) is 43.5 Å². The van der Waals surface area contributed by atoms with E-state index in [2.05, 4.69) is 64.0 Å². The lowest BCUT2D eigenvalue weighted by Gasteiger charge is -2.07. The van der Waals surface area contributed by atoms with Gasteiger partial charge in [-0.3, -0.25) is 0 Å². The molecule has 1 rings (SSSR count). The lowest BCUT2D eigenvalue weighted by Crippen LogP contribution is -2.16. The number of hydrogen-bond acceptors (Lipinski definition) is 0. The van der Waals surface area contributed by atoms with Crippen LogP contribution < -0.4 is 0 Å². The van der Waals surface area contributed by atoms with Gasteiger partial charge >= 0.3 is 0 Å². The van der Waals surface area contributed by atoms with Gasteiger partial charge < -0.3 is 0 Å². The molecule has 15 heavy (non-hydrogen) atoms. The van der Waals surface area contributed by atoms with E-state index in [1.807, 2.05) is 0 Å². The molecule has 0 spiro atoms. The van der Waals surface area contributed by atoms with Gasteiger partial charge in [-0.15, -0.1) is 5.54 Å². The molecule has 0 amide bonds. The van der Waals surface area contributed by atoms with E-state index in [0.29, 0.717) is 0 Å². The summed E-state index contributed by atoms with van der Waals surface area (Å²) in [5, 5.41) is 0. The Balaban J connectivity index is 3.20. The molecule has 1 heteroatoms. The van der Waals surface area contributed by atoms with Crippen LogP contribution in [0.2, 0.25) is 19.6 Å². The van der Waals surface area contributed by atoms with E-state index in [9.17, 15) is 0 Å². The third-order valence-electron chi connectivity index (χ3n) is 2.38. The Labute approximate surface area is 94.7 Å². The van der Waals surface area contributed by atoms with Crippen molar-refractivity contribution in [2.75, 3.05) is 0 Å². The van der Waals surface area contributed by atoms with Crippen LogP contribution in [0, 0.1) is 32.2 Å². The van der Waals surface area contributed by atoms with Crippen molar-refractivity contribution >= 4 is 8.07 Å². The molecular formula is C14H20Si. The SMILES string of the molecule is Cc1cc(C)c(C)c(C#C[Si](C)(C)C)c1. The zero-order valence-corrected chi connectivity index (χ0v) is 11.7. The highest BCUT2D eigenvalue weighted by Crippen LogP contribution is 2.15. The van der Waals surface area contributed by atoms with Crippen LogP contribution in [0.4, 0.5) is 0 Å². The zero-order valence-electron chi connectivity index (χ0n) is 10.7. The Morgan fingerprint density at radius 3 is 2.13 bits per heavy atom.